The van der Waals surface area contributed by atoms with Gasteiger partial charge in [-0.3, -0.25) is 19.8 Å². The van der Waals surface area contributed by atoms with E-state index < -0.39 is 11.8 Å². The van der Waals surface area contributed by atoms with Crippen molar-refractivity contribution in [2.24, 2.45) is 0 Å². The quantitative estimate of drug-likeness (QED) is 0.325. The number of anilines is 1. The first-order valence-corrected chi connectivity index (χ1v) is 10.0. The lowest BCUT2D eigenvalue weighted by Crippen LogP contribution is -2.54. The lowest BCUT2D eigenvalue weighted by Gasteiger charge is -2.29. The zero-order valence-electron chi connectivity index (χ0n) is 15.6. The molecule has 1 aliphatic rings. The van der Waals surface area contributed by atoms with Gasteiger partial charge in [-0.25, -0.2) is 0 Å². The van der Waals surface area contributed by atoms with E-state index in [9.17, 15) is 9.59 Å². The van der Waals surface area contributed by atoms with Crippen molar-refractivity contribution in [3.8, 4) is 11.3 Å². The molecule has 1 saturated heterocycles. The molecule has 1 fully saturated rings. The molecule has 3 aromatic rings. The topological polar surface area (TPSA) is 62.6 Å². The van der Waals surface area contributed by atoms with E-state index >= 15 is 0 Å². The summed E-state index contributed by atoms with van der Waals surface area (Å²) in [5.41, 5.74) is 2.01. The van der Waals surface area contributed by atoms with E-state index in [4.69, 9.17) is 39.8 Å². The molecule has 5 nitrogen and oxygen atoms in total. The van der Waals surface area contributed by atoms with E-state index in [1.165, 1.54) is 11.0 Å². The van der Waals surface area contributed by atoms with Crippen LogP contribution in [0.1, 0.15) is 11.3 Å². The van der Waals surface area contributed by atoms with Crippen LogP contribution in [0, 0.1) is 6.92 Å². The number of rotatable bonds is 3. The molecule has 30 heavy (non-hydrogen) atoms. The first-order valence-electron chi connectivity index (χ1n) is 8.87. The van der Waals surface area contributed by atoms with Crippen LogP contribution in [-0.4, -0.2) is 16.9 Å². The second kappa shape index (κ2) is 8.07. The summed E-state index contributed by atoms with van der Waals surface area (Å²) >= 11 is 17.4. The summed E-state index contributed by atoms with van der Waals surface area (Å²) in [5, 5.41) is 3.53. The van der Waals surface area contributed by atoms with Gasteiger partial charge in [0.2, 0.25) is 0 Å². The monoisotopic (exact) mass is 456 g/mol. The van der Waals surface area contributed by atoms with E-state index in [-0.39, 0.29) is 10.7 Å². The minimum atomic E-state index is -0.586. The predicted molar refractivity (Wildman–Crippen MR) is 122 cm³/mol. The van der Waals surface area contributed by atoms with Crippen molar-refractivity contribution >= 4 is 64.1 Å². The van der Waals surface area contributed by atoms with Gasteiger partial charge in [0.25, 0.3) is 11.8 Å². The van der Waals surface area contributed by atoms with E-state index in [2.05, 4.69) is 5.32 Å². The van der Waals surface area contributed by atoms with Crippen LogP contribution in [0.4, 0.5) is 5.69 Å². The molecule has 0 saturated carbocycles. The molecule has 2 amide bonds. The van der Waals surface area contributed by atoms with E-state index in [0.29, 0.717) is 32.8 Å². The molecule has 1 aromatic heterocycles. The fourth-order valence-corrected chi connectivity index (χ4v) is 3.87. The fourth-order valence-electron chi connectivity index (χ4n) is 3.10. The molecule has 0 radical (unpaired) electrons. The zero-order chi connectivity index (χ0) is 21.4. The molecule has 4 rings (SSSR count). The third-order valence-electron chi connectivity index (χ3n) is 4.57. The SMILES string of the molecule is Cc1ccccc1N1C(=O)/C(=C\c2ccc(-c3ccc(Cl)cc3Cl)o2)C(=O)NC1=S. The molecule has 2 heterocycles. The van der Waals surface area contributed by atoms with Crippen LogP contribution >= 0.6 is 35.4 Å². The number of thiocarbonyl (C=S) groups is 1. The summed E-state index contributed by atoms with van der Waals surface area (Å²) in [6.45, 7) is 1.86. The van der Waals surface area contributed by atoms with Crippen LogP contribution in [0.25, 0.3) is 17.4 Å². The minimum Gasteiger partial charge on any atom is -0.457 e. The average molecular weight is 457 g/mol. The molecule has 0 aliphatic carbocycles. The first kappa shape index (κ1) is 20.3. The highest BCUT2D eigenvalue weighted by Gasteiger charge is 2.35. The first-order chi connectivity index (χ1) is 14.3. The molecule has 0 bridgehead atoms. The summed E-state index contributed by atoms with van der Waals surface area (Å²) in [7, 11) is 0. The summed E-state index contributed by atoms with van der Waals surface area (Å²) in [6.07, 6.45) is 1.39. The van der Waals surface area contributed by atoms with Crippen LogP contribution in [0.2, 0.25) is 10.0 Å². The number of hydrogen-bond donors (Lipinski definition) is 1. The summed E-state index contributed by atoms with van der Waals surface area (Å²) in [6, 6.07) is 15.7. The number of furan rings is 1. The van der Waals surface area contributed by atoms with Crippen molar-refractivity contribution in [1.29, 1.82) is 0 Å². The Labute approximate surface area is 187 Å². The molecule has 0 unspecified atom stereocenters. The Morgan fingerprint density at radius 3 is 2.57 bits per heavy atom. The molecule has 1 aliphatic heterocycles. The van der Waals surface area contributed by atoms with E-state index in [1.54, 1.807) is 42.5 Å². The standard InChI is InChI=1S/C22H14Cl2N2O3S/c1-12-4-2-3-5-18(12)26-21(28)16(20(27)25-22(26)30)11-14-7-9-19(29-14)15-8-6-13(23)10-17(15)24/h2-11H,1H3,(H,25,27,30)/b16-11-. The Balaban J connectivity index is 1.70. The van der Waals surface area contributed by atoms with Crippen LogP contribution in [0.3, 0.4) is 0 Å². The van der Waals surface area contributed by atoms with Crippen molar-refractivity contribution in [3.63, 3.8) is 0 Å². The number of hydrogen-bond acceptors (Lipinski definition) is 4. The van der Waals surface area contributed by atoms with Gasteiger partial charge in [0.1, 0.15) is 17.1 Å². The molecule has 2 aromatic carbocycles. The second-order valence-electron chi connectivity index (χ2n) is 6.57. The smallest absolute Gasteiger partial charge is 0.270 e. The highest BCUT2D eigenvalue weighted by Crippen LogP contribution is 2.32. The Morgan fingerprint density at radius 2 is 1.83 bits per heavy atom. The van der Waals surface area contributed by atoms with Gasteiger partial charge in [-0.05, 0) is 67.2 Å². The van der Waals surface area contributed by atoms with E-state index in [1.807, 2.05) is 19.1 Å². The third-order valence-corrected chi connectivity index (χ3v) is 5.40. The molecular weight excluding hydrogens is 443 g/mol. The Bertz CT molecular complexity index is 1230. The van der Waals surface area contributed by atoms with Gasteiger partial charge in [0.15, 0.2) is 5.11 Å². The number of nitrogens with one attached hydrogen (secondary N) is 1. The largest absolute Gasteiger partial charge is 0.457 e. The number of para-hydroxylation sites is 1. The minimum absolute atomic E-state index is 0.0320. The van der Waals surface area contributed by atoms with E-state index in [0.717, 1.165) is 5.56 Å². The van der Waals surface area contributed by atoms with Gasteiger partial charge in [-0.1, -0.05) is 41.4 Å². The van der Waals surface area contributed by atoms with Crippen LogP contribution in [-0.2, 0) is 9.59 Å². The second-order valence-corrected chi connectivity index (χ2v) is 7.80. The highest BCUT2D eigenvalue weighted by molar-refractivity contribution is 7.80. The molecular formula is C22H14Cl2N2O3S. The van der Waals surface area contributed by atoms with Gasteiger partial charge in [-0.2, -0.15) is 0 Å². The molecule has 8 heteroatoms. The van der Waals surface area contributed by atoms with Crippen molar-refractivity contribution < 1.29 is 14.0 Å². The van der Waals surface area contributed by atoms with Crippen LogP contribution in [0.5, 0.6) is 0 Å². The number of halogens is 2. The summed E-state index contributed by atoms with van der Waals surface area (Å²) in [4.78, 5) is 26.9. The zero-order valence-corrected chi connectivity index (χ0v) is 17.9. The van der Waals surface area contributed by atoms with Gasteiger partial charge >= 0.3 is 0 Å². The lowest BCUT2D eigenvalue weighted by molar-refractivity contribution is -0.122. The Kier molecular flexibility index (Phi) is 5.47. The normalized spacial score (nSPS) is 15.6. The van der Waals surface area contributed by atoms with Gasteiger partial charge in [0.05, 0.1) is 10.7 Å². The number of benzene rings is 2. The Hall–Kier alpha value is -2.93. The predicted octanol–water partition coefficient (Wildman–Crippen LogP) is 5.39. The number of amides is 2. The summed E-state index contributed by atoms with van der Waals surface area (Å²) in [5.74, 6) is -0.302. The van der Waals surface area contributed by atoms with Crippen molar-refractivity contribution in [1.82, 2.24) is 5.32 Å². The van der Waals surface area contributed by atoms with Gasteiger partial charge in [0, 0.05) is 10.6 Å². The lowest BCUT2D eigenvalue weighted by atomic mass is 10.1. The number of aryl methyl sites for hydroxylation is 1. The van der Waals surface area contributed by atoms with Crippen molar-refractivity contribution in [2.45, 2.75) is 6.92 Å². The maximum Gasteiger partial charge on any atom is 0.270 e. The van der Waals surface area contributed by atoms with Crippen LogP contribution < -0.4 is 10.2 Å². The van der Waals surface area contributed by atoms with Crippen molar-refractivity contribution in [3.05, 3.63) is 81.5 Å². The number of nitrogens with zero attached hydrogens (tertiary/aromatic N) is 1. The maximum atomic E-state index is 13.1. The van der Waals surface area contributed by atoms with Gasteiger partial charge < -0.3 is 4.42 Å². The molecule has 150 valence electrons. The third kappa shape index (κ3) is 3.77. The number of carbonyl (C=O) groups is 2. The maximum absolute atomic E-state index is 13.1. The molecule has 0 atom stereocenters. The Morgan fingerprint density at radius 1 is 1.07 bits per heavy atom. The summed E-state index contributed by atoms with van der Waals surface area (Å²) < 4.78 is 5.79. The number of carbonyl (C=O) groups excluding carboxylic acids is 2. The average Bonchev–Trinajstić information content (AvgIpc) is 3.15. The molecule has 1 N–H and O–H groups in total. The molecule has 0 spiro atoms. The van der Waals surface area contributed by atoms with Crippen LogP contribution in [0.15, 0.2) is 64.6 Å². The fraction of sp³-hybridized carbons (Fsp3) is 0.0455. The van der Waals surface area contributed by atoms with Crippen molar-refractivity contribution in [2.75, 3.05) is 4.90 Å². The highest BCUT2D eigenvalue weighted by atomic mass is 35.5. The van der Waals surface area contributed by atoms with Gasteiger partial charge in [-0.15, -0.1) is 0 Å².